The number of fused-ring (bicyclic) bond motifs is 2. The summed E-state index contributed by atoms with van der Waals surface area (Å²) < 4.78 is 5.81. The number of aromatic nitrogens is 5. The van der Waals surface area contributed by atoms with Gasteiger partial charge in [-0.3, -0.25) is 14.9 Å². The molecule has 5 rings (SSSR count). The van der Waals surface area contributed by atoms with Crippen molar-refractivity contribution in [1.29, 1.82) is 0 Å². The fourth-order valence-electron chi connectivity index (χ4n) is 4.16. The number of nitrogens with two attached hydrogens (primary N) is 1. The maximum Gasteiger partial charge on any atom is 0.294 e. The Kier molecular flexibility index (Phi) is 4.69. The van der Waals surface area contributed by atoms with E-state index in [0.717, 1.165) is 12.8 Å². The number of allylic oxidation sites excluding steroid dienone is 2. The number of anilines is 1. The zero-order valence-corrected chi connectivity index (χ0v) is 16.5. The predicted octanol–water partition coefficient (Wildman–Crippen LogP) is 1.74. The van der Waals surface area contributed by atoms with Crippen molar-refractivity contribution in [2.45, 2.75) is 12.8 Å². The molecule has 1 amide bonds. The maximum atomic E-state index is 12.9. The van der Waals surface area contributed by atoms with Gasteiger partial charge in [-0.25, -0.2) is 10.1 Å². The van der Waals surface area contributed by atoms with E-state index in [1.54, 1.807) is 6.21 Å². The Hall–Kier alpha value is -4.42. The topological polar surface area (TPSA) is 180 Å². The fraction of sp³-hybridized carbons (Fsp3) is 0.263. The van der Waals surface area contributed by atoms with Crippen LogP contribution >= 0.6 is 0 Å². The maximum absolute atomic E-state index is 12.9. The first-order valence-corrected chi connectivity index (χ1v) is 9.82. The molecule has 1 saturated carbocycles. The summed E-state index contributed by atoms with van der Waals surface area (Å²) in [6.45, 7) is 0. The Bertz CT molecular complexity index is 1240. The minimum absolute atomic E-state index is 0.0298. The van der Waals surface area contributed by atoms with Crippen LogP contribution in [0.1, 0.15) is 23.3 Å². The number of hydrogen-bond donors (Lipinski definition) is 2. The number of hydrazone groups is 1. The summed E-state index contributed by atoms with van der Waals surface area (Å²) in [6, 6.07) is 5.55. The molecule has 0 saturated heterocycles. The highest BCUT2D eigenvalue weighted by Gasteiger charge is 2.34. The molecule has 2 heterocycles. The summed E-state index contributed by atoms with van der Waals surface area (Å²) in [7, 11) is 0. The van der Waals surface area contributed by atoms with Gasteiger partial charge in [0.15, 0.2) is 5.69 Å². The van der Waals surface area contributed by atoms with Crippen LogP contribution in [0.4, 0.5) is 11.5 Å². The van der Waals surface area contributed by atoms with Gasteiger partial charge in [0.2, 0.25) is 11.6 Å². The van der Waals surface area contributed by atoms with Crippen molar-refractivity contribution in [3.8, 4) is 17.1 Å². The van der Waals surface area contributed by atoms with Gasteiger partial charge in [-0.1, -0.05) is 17.4 Å². The molecular weight excluding hydrogens is 418 g/mol. The molecule has 3 aromatic rings. The van der Waals surface area contributed by atoms with Gasteiger partial charge >= 0.3 is 0 Å². The van der Waals surface area contributed by atoms with E-state index in [0.29, 0.717) is 17.4 Å². The number of carbonyl (C=O) groups is 1. The lowest BCUT2D eigenvalue weighted by atomic mass is 9.95. The summed E-state index contributed by atoms with van der Waals surface area (Å²) in [5, 5.41) is 30.2. The minimum Gasteiger partial charge on any atom is -0.378 e. The average molecular weight is 435 g/mol. The number of nitrogens with zero attached hydrogens (tertiary/aromatic N) is 7. The first-order valence-electron chi connectivity index (χ1n) is 9.82. The molecule has 1 fully saturated rings. The summed E-state index contributed by atoms with van der Waals surface area (Å²) in [5.41, 5.74) is 8.73. The molecule has 3 atom stereocenters. The molecule has 13 heteroatoms. The van der Waals surface area contributed by atoms with Crippen molar-refractivity contribution in [3.05, 3.63) is 52.2 Å². The van der Waals surface area contributed by atoms with Crippen LogP contribution in [0, 0.1) is 27.9 Å². The molecule has 32 heavy (non-hydrogen) atoms. The highest BCUT2D eigenvalue weighted by Crippen LogP contribution is 2.42. The van der Waals surface area contributed by atoms with Crippen LogP contribution in [0.25, 0.3) is 17.1 Å². The van der Waals surface area contributed by atoms with Gasteiger partial charge in [-0.15, -0.1) is 5.10 Å². The molecule has 2 aromatic heterocycles. The van der Waals surface area contributed by atoms with Crippen LogP contribution in [0.3, 0.4) is 0 Å². The highest BCUT2D eigenvalue weighted by atomic mass is 16.6. The van der Waals surface area contributed by atoms with Crippen molar-refractivity contribution in [2.24, 2.45) is 22.9 Å². The van der Waals surface area contributed by atoms with Crippen molar-refractivity contribution < 1.29 is 14.3 Å². The molecular formula is C19H17N9O4. The van der Waals surface area contributed by atoms with E-state index in [9.17, 15) is 14.9 Å². The zero-order valence-electron chi connectivity index (χ0n) is 16.5. The van der Waals surface area contributed by atoms with Crippen LogP contribution in [0.15, 0.2) is 46.1 Å². The molecule has 0 radical (unpaired) electrons. The molecule has 0 aliphatic heterocycles. The van der Waals surface area contributed by atoms with E-state index in [4.69, 9.17) is 5.73 Å². The van der Waals surface area contributed by atoms with Crippen LogP contribution in [0.2, 0.25) is 0 Å². The van der Waals surface area contributed by atoms with Crippen molar-refractivity contribution in [1.82, 2.24) is 30.7 Å². The van der Waals surface area contributed by atoms with Gasteiger partial charge in [0.25, 0.3) is 11.6 Å². The monoisotopic (exact) mass is 435 g/mol. The Balaban J connectivity index is 1.45. The molecule has 162 valence electrons. The van der Waals surface area contributed by atoms with E-state index >= 15 is 0 Å². The number of nitro groups is 1. The average Bonchev–Trinajstić information content (AvgIpc) is 3.57. The van der Waals surface area contributed by atoms with E-state index in [1.807, 2.05) is 0 Å². The van der Waals surface area contributed by atoms with E-state index in [2.05, 4.69) is 47.9 Å². The fourth-order valence-corrected chi connectivity index (χ4v) is 4.16. The number of rotatable bonds is 6. The quantitative estimate of drug-likeness (QED) is 0.252. The Morgan fingerprint density at radius 2 is 2.09 bits per heavy atom. The lowest BCUT2D eigenvalue weighted by Gasteiger charge is -2.11. The molecule has 3 N–H and O–H groups in total. The molecule has 13 nitrogen and oxygen atoms in total. The number of amides is 1. The first kappa shape index (κ1) is 19.5. The number of non-ortho nitro benzene ring substituents is 1. The smallest absolute Gasteiger partial charge is 0.294 e. The van der Waals surface area contributed by atoms with E-state index in [1.165, 1.54) is 28.9 Å². The minimum atomic E-state index is -0.602. The van der Waals surface area contributed by atoms with Crippen molar-refractivity contribution in [2.75, 3.05) is 5.73 Å². The van der Waals surface area contributed by atoms with E-state index in [-0.39, 0.29) is 34.6 Å². The van der Waals surface area contributed by atoms with Crippen LogP contribution in [-0.4, -0.2) is 42.4 Å². The highest BCUT2D eigenvalue weighted by molar-refractivity contribution is 5.98. The summed E-state index contributed by atoms with van der Waals surface area (Å²) >= 11 is 0. The predicted molar refractivity (Wildman–Crippen MR) is 111 cm³/mol. The summed E-state index contributed by atoms with van der Waals surface area (Å²) in [5.74, 6) is 0.697. The first-order chi connectivity index (χ1) is 15.5. The Labute approximate surface area is 180 Å². The Morgan fingerprint density at radius 1 is 1.28 bits per heavy atom. The largest absolute Gasteiger partial charge is 0.378 e. The lowest BCUT2D eigenvalue weighted by molar-refractivity contribution is -0.384. The third-order valence-corrected chi connectivity index (χ3v) is 5.70. The van der Waals surface area contributed by atoms with Gasteiger partial charge in [0, 0.05) is 29.8 Å². The Morgan fingerprint density at radius 3 is 2.72 bits per heavy atom. The normalized spacial score (nSPS) is 21.4. The van der Waals surface area contributed by atoms with Gasteiger partial charge in [-0.2, -0.15) is 9.78 Å². The second-order valence-electron chi connectivity index (χ2n) is 7.64. The molecule has 2 aliphatic carbocycles. The lowest BCUT2D eigenvalue weighted by Crippen LogP contribution is -2.21. The molecule has 0 spiro atoms. The summed E-state index contributed by atoms with van der Waals surface area (Å²) in [6.07, 6.45) is 8.31. The number of benzene rings is 1. The van der Waals surface area contributed by atoms with Gasteiger partial charge in [-0.05, 0) is 47.1 Å². The van der Waals surface area contributed by atoms with E-state index < -0.39 is 10.8 Å². The number of carbonyl (C=O) groups excluding carboxylic acids is 1. The SMILES string of the molecule is Nc1nonc1-n1nnc(C(=O)N/N=C\[C@@H]2C[C@@H]3C=C[C@H]2C3)c1-c1ccc([N+](=O)[O-])cc1. The molecule has 2 bridgehead atoms. The third kappa shape index (κ3) is 3.38. The number of nitrogen functional groups attached to an aromatic ring is 1. The van der Waals surface area contributed by atoms with Crippen molar-refractivity contribution >= 4 is 23.6 Å². The number of nitro benzene ring substituents is 1. The number of hydrogen-bond acceptors (Lipinski definition) is 10. The second-order valence-corrected chi connectivity index (χ2v) is 7.64. The van der Waals surface area contributed by atoms with Crippen LogP contribution < -0.4 is 11.2 Å². The molecule has 0 unspecified atom stereocenters. The van der Waals surface area contributed by atoms with Crippen LogP contribution in [0.5, 0.6) is 0 Å². The zero-order chi connectivity index (χ0) is 22.2. The standard InChI is InChI=1S/C19H17N9O4/c20-17-18(25-32-24-17)27-16(11-3-5-14(6-4-11)28(30)31)15(22-26-27)19(29)23-21-9-13-8-10-1-2-12(13)7-10/h1-6,9-10,12-13H,7-8H2,(H2,20,24)(H,23,29)/b21-9-/t10-,12+,13+/m1/s1. The molecule has 1 aromatic carbocycles. The second kappa shape index (κ2) is 7.68. The molecule has 2 aliphatic rings. The van der Waals surface area contributed by atoms with Gasteiger partial charge in [0.1, 0.15) is 5.69 Å². The van der Waals surface area contributed by atoms with Gasteiger partial charge < -0.3 is 5.73 Å². The third-order valence-electron chi connectivity index (χ3n) is 5.70. The van der Waals surface area contributed by atoms with Crippen molar-refractivity contribution in [3.63, 3.8) is 0 Å². The number of nitrogens with one attached hydrogen (secondary N) is 1. The summed E-state index contributed by atoms with van der Waals surface area (Å²) in [4.78, 5) is 23.3. The van der Waals surface area contributed by atoms with Crippen LogP contribution in [-0.2, 0) is 0 Å². The van der Waals surface area contributed by atoms with Gasteiger partial charge in [0.05, 0.1) is 4.92 Å².